The molecule has 100 valence electrons. The van der Waals surface area contributed by atoms with E-state index in [-0.39, 0.29) is 6.04 Å². The second-order valence-corrected chi connectivity index (χ2v) is 5.26. The van der Waals surface area contributed by atoms with E-state index in [4.69, 9.17) is 10.8 Å². The number of carbonyl (C=O) groups is 1. The molecule has 0 heterocycles. The number of hydrogen-bond acceptors (Lipinski definition) is 2. The van der Waals surface area contributed by atoms with Gasteiger partial charge in [0, 0.05) is 6.04 Å². The Morgan fingerprint density at radius 2 is 1.67 bits per heavy atom. The van der Waals surface area contributed by atoms with Crippen molar-refractivity contribution in [1.29, 1.82) is 0 Å². The van der Waals surface area contributed by atoms with Crippen molar-refractivity contribution in [3.63, 3.8) is 0 Å². The standard InChI is InChI=1S/C15H23NO2/c1-8-6-9(2)12(5)14(11(8)4)13(16)7-10(3)15(17)18/h6,10,13H,7,16H2,1-5H3,(H,17,18). The van der Waals surface area contributed by atoms with Gasteiger partial charge in [-0.15, -0.1) is 0 Å². The number of nitrogens with two attached hydrogens (primary N) is 1. The molecule has 0 radical (unpaired) electrons. The second-order valence-electron chi connectivity index (χ2n) is 5.26. The van der Waals surface area contributed by atoms with E-state index in [0.29, 0.717) is 6.42 Å². The van der Waals surface area contributed by atoms with Crippen LogP contribution < -0.4 is 5.73 Å². The van der Waals surface area contributed by atoms with Gasteiger partial charge in [-0.3, -0.25) is 4.79 Å². The Labute approximate surface area is 109 Å². The molecule has 3 nitrogen and oxygen atoms in total. The van der Waals surface area contributed by atoms with E-state index in [2.05, 4.69) is 33.8 Å². The van der Waals surface area contributed by atoms with E-state index < -0.39 is 11.9 Å². The third-order valence-corrected chi connectivity index (χ3v) is 3.82. The van der Waals surface area contributed by atoms with E-state index in [9.17, 15) is 4.79 Å². The largest absolute Gasteiger partial charge is 0.481 e. The van der Waals surface area contributed by atoms with Crippen LogP contribution >= 0.6 is 0 Å². The van der Waals surface area contributed by atoms with Crippen molar-refractivity contribution in [2.75, 3.05) is 0 Å². The Hall–Kier alpha value is -1.35. The first-order valence-corrected chi connectivity index (χ1v) is 6.31. The summed E-state index contributed by atoms with van der Waals surface area (Å²) in [4.78, 5) is 10.9. The molecule has 0 aromatic heterocycles. The van der Waals surface area contributed by atoms with Crippen LogP contribution in [-0.2, 0) is 4.79 Å². The van der Waals surface area contributed by atoms with Crippen LogP contribution in [0.15, 0.2) is 6.07 Å². The fourth-order valence-electron chi connectivity index (χ4n) is 2.40. The van der Waals surface area contributed by atoms with Crippen molar-refractivity contribution < 1.29 is 9.90 Å². The first-order valence-electron chi connectivity index (χ1n) is 6.31. The van der Waals surface area contributed by atoms with Gasteiger partial charge in [0.2, 0.25) is 0 Å². The van der Waals surface area contributed by atoms with Crippen molar-refractivity contribution in [3.8, 4) is 0 Å². The summed E-state index contributed by atoms with van der Waals surface area (Å²) in [5.74, 6) is -1.20. The van der Waals surface area contributed by atoms with E-state index in [1.54, 1.807) is 6.92 Å². The number of benzene rings is 1. The monoisotopic (exact) mass is 249 g/mol. The lowest BCUT2D eigenvalue weighted by Crippen LogP contribution is -2.21. The molecule has 0 aliphatic carbocycles. The number of carboxylic acid groups (broad SMARTS) is 1. The highest BCUT2D eigenvalue weighted by Crippen LogP contribution is 2.29. The molecule has 2 unspecified atom stereocenters. The summed E-state index contributed by atoms with van der Waals surface area (Å²) >= 11 is 0. The molecule has 0 aliphatic heterocycles. The molecule has 0 fully saturated rings. The molecule has 0 bridgehead atoms. The summed E-state index contributed by atoms with van der Waals surface area (Å²) in [6, 6.07) is 1.94. The van der Waals surface area contributed by atoms with Crippen LogP contribution in [0.5, 0.6) is 0 Å². The van der Waals surface area contributed by atoms with Crippen LogP contribution in [0.4, 0.5) is 0 Å². The minimum Gasteiger partial charge on any atom is -0.481 e. The predicted octanol–water partition coefficient (Wildman–Crippen LogP) is 3.03. The number of hydrogen-bond donors (Lipinski definition) is 2. The van der Waals surface area contributed by atoms with Crippen molar-refractivity contribution in [2.45, 2.75) is 47.1 Å². The Morgan fingerprint density at radius 3 is 2.06 bits per heavy atom. The Bertz CT molecular complexity index is 440. The molecule has 2 atom stereocenters. The summed E-state index contributed by atoms with van der Waals surface area (Å²) in [5, 5.41) is 8.97. The fraction of sp³-hybridized carbons (Fsp3) is 0.533. The van der Waals surface area contributed by atoms with E-state index in [1.165, 1.54) is 22.3 Å². The molecule has 3 N–H and O–H groups in total. The minimum atomic E-state index is -0.787. The van der Waals surface area contributed by atoms with Crippen molar-refractivity contribution in [3.05, 3.63) is 33.9 Å². The van der Waals surface area contributed by atoms with Gasteiger partial charge in [-0.05, 0) is 61.9 Å². The molecular formula is C15H23NO2. The summed E-state index contributed by atoms with van der Waals surface area (Å²) in [5.41, 5.74) is 12.1. The Kier molecular flexibility index (Phi) is 4.52. The highest BCUT2D eigenvalue weighted by atomic mass is 16.4. The summed E-state index contributed by atoms with van der Waals surface area (Å²) in [6.07, 6.45) is 0.472. The molecule has 0 saturated carbocycles. The molecule has 0 amide bonds. The molecule has 1 aromatic carbocycles. The second kappa shape index (κ2) is 5.53. The quantitative estimate of drug-likeness (QED) is 0.862. The van der Waals surface area contributed by atoms with Crippen LogP contribution in [0.1, 0.15) is 47.2 Å². The van der Waals surface area contributed by atoms with Gasteiger partial charge >= 0.3 is 5.97 Å². The van der Waals surface area contributed by atoms with E-state index in [1.807, 2.05) is 0 Å². The fourth-order valence-corrected chi connectivity index (χ4v) is 2.40. The third-order valence-electron chi connectivity index (χ3n) is 3.82. The topological polar surface area (TPSA) is 63.3 Å². The number of carboxylic acids is 1. The minimum absolute atomic E-state index is 0.213. The SMILES string of the molecule is Cc1cc(C)c(C)c(C(N)CC(C)C(=O)O)c1C. The third kappa shape index (κ3) is 2.91. The van der Waals surface area contributed by atoms with Crippen molar-refractivity contribution in [1.82, 2.24) is 0 Å². The van der Waals surface area contributed by atoms with Gasteiger partial charge < -0.3 is 10.8 Å². The number of rotatable bonds is 4. The maximum atomic E-state index is 10.9. The normalized spacial score (nSPS) is 14.3. The van der Waals surface area contributed by atoms with Crippen LogP contribution in [0, 0.1) is 33.6 Å². The lowest BCUT2D eigenvalue weighted by molar-refractivity contribution is -0.141. The predicted molar refractivity (Wildman–Crippen MR) is 73.7 cm³/mol. The van der Waals surface area contributed by atoms with E-state index in [0.717, 1.165) is 5.56 Å². The smallest absolute Gasteiger partial charge is 0.306 e. The maximum Gasteiger partial charge on any atom is 0.306 e. The van der Waals surface area contributed by atoms with Crippen LogP contribution in [0.2, 0.25) is 0 Å². The maximum absolute atomic E-state index is 10.9. The zero-order chi connectivity index (χ0) is 14.0. The summed E-state index contributed by atoms with van der Waals surface area (Å²) in [6.45, 7) is 9.96. The first kappa shape index (κ1) is 14.7. The van der Waals surface area contributed by atoms with Crippen molar-refractivity contribution >= 4 is 5.97 Å². The summed E-state index contributed by atoms with van der Waals surface area (Å²) < 4.78 is 0. The number of aryl methyl sites for hydroxylation is 2. The van der Waals surface area contributed by atoms with Gasteiger partial charge in [0.05, 0.1) is 5.92 Å². The Morgan fingerprint density at radius 1 is 1.22 bits per heavy atom. The van der Waals surface area contributed by atoms with Gasteiger partial charge in [0.15, 0.2) is 0 Å². The average Bonchev–Trinajstić information content (AvgIpc) is 2.26. The van der Waals surface area contributed by atoms with Gasteiger partial charge in [-0.25, -0.2) is 0 Å². The summed E-state index contributed by atoms with van der Waals surface area (Å²) in [7, 11) is 0. The zero-order valence-electron chi connectivity index (χ0n) is 11.9. The van der Waals surface area contributed by atoms with Crippen LogP contribution in [-0.4, -0.2) is 11.1 Å². The van der Waals surface area contributed by atoms with Crippen LogP contribution in [0.25, 0.3) is 0 Å². The molecule has 0 aliphatic rings. The molecule has 18 heavy (non-hydrogen) atoms. The van der Waals surface area contributed by atoms with Crippen molar-refractivity contribution in [2.24, 2.45) is 11.7 Å². The average molecular weight is 249 g/mol. The highest BCUT2D eigenvalue weighted by Gasteiger charge is 2.20. The van der Waals surface area contributed by atoms with Gasteiger partial charge in [0.25, 0.3) is 0 Å². The van der Waals surface area contributed by atoms with Crippen LogP contribution in [0.3, 0.4) is 0 Å². The molecule has 0 saturated heterocycles. The molecule has 3 heteroatoms. The van der Waals surface area contributed by atoms with Gasteiger partial charge in [-0.1, -0.05) is 13.0 Å². The van der Waals surface area contributed by atoms with Gasteiger partial charge in [-0.2, -0.15) is 0 Å². The number of aliphatic carboxylic acids is 1. The molecule has 1 rings (SSSR count). The zero-order valence-corrected chi connectivity index (χ0v) is 11.9. The first-order chi connectivity index (χ1) is 8.25. The van der Waals surface area contributed by atoms with E-state index >= 15 is 0 Å². The lowest BCUT2D eigenvalue weighted by atomic mass is 9.86. The molecule has 1 aromatic rings. The van der Waals surface area contributed by atoms with Gasteiger partial charge in [0.1, 0.15) is 0 Å². The Balaban J connectivity index is 3.13. The highest BCUT2D eigenvalue weighted by molar-refractivity contribution is 5.69. The molecular weight excluding hydrogens is 226 g/mol. The lowest BCUT2D eigenvalue weighted by Gasteiger charge is -2.22. The molecule has 0 spiro atoms.